The monoisotopic (exact) mass is 497 g/mol. The molecule has 0 spiro atoms. The highest BCUT2D eigenvalue weighted by Gasteiger charge is 2.58. The van der Waals surface area contributed by atoms with Crippen LogP contribution in [-0.4, -0.2) is 48.5 Å². The molecule has 2 amide bonds. The summed E-state index contributed by atoms with van der Waals surface area (Å²) in [5.41, 5.74) is -0.787. The van der Waals surface area contributed by atoms with E-state index in [2.05, 4.69) is 11.4 Å². The van der Waals surface area contributed by atoms with Crippen LogP contribution in [0, 0.1) is 11.3 Å². The van der Waals surface area contributed by atoms with Crippen molar-refractivity contribution in [2.75, 3.05) is 6.54 Å². The molecule has 2 aromatic rings. The molecule has 176 valence electrons. The molecular weight excluding hydrogens is 474 g/mol. The number of hydrogen-bond acceptors (Lipinski definition) is 5. The standard InChI is InChI=1S/C25H24ClN3O4S/c26-19-8-4-5-9-21(19)34(32,33)18-14-20(22(30)28-24(16-27)10-11-24)29(15-18)23(31)25(12-13-25)17-6-2-1-3-7-17/h1-9,18,20H,10-15H2,(H,28,30). The van der Waals surface area contributed by atoms with Crippen LogP contribution in [0.5, 0.6) is 0 Å². The molecule has 1 aliphatic heterocycles. The highest BCUT2D eigenvalue weighted by atomic mass is 35.5. The molecule has 1 N–H and O–H groups in total. The molecule has 0 bridgehead atoms. The summed E-state index contributed by atoms with van der Waals surface area (Å²) in [6, 6.07) is 16.7. The molecule has 3 fully saturated rings. The van der Waals surface area contributed by atoms with E-state index in [1.54, 1.807) is 12.1 Å². The van der Waals surface area contributed by atoms with Crippen molar-refractivity contribution in [3.05, 3.63) is 65.2 Å². The Kier molecular flexibility index (Phi) is 5.45. The van der Waals surface area contributed by atoms with E-state index < -0.39 is 38.0 Å². The number of nitrogens with zero attached hydrogens (tertiary/aromatic N) is 2. The lowest BCUT2D eigenvalue weighted by molar-refractivity contribution is -0.140. The number of sulfone groups is 1. The lowest BCUT2D eigenvalue weighted by Crippen LogP contribution is -2.51. The van der Waals surface area contributed by atoms with E-state index in [-0.39, 0.29) is 28.8 Å². The molecule has 5 rings (SSSR count). The Morgan fingerprint density at radius 1 is 1.03 bits per heavy atom. The first-order valence-corrected chi connectivity index (χ1v) is 13.2. The molecule has 7 nitrogen and oxygen atoms in total. The number of hydrogen-bond donors (Lipinski definition) is 1. The first-order chi connectivity index (χ1) is 16.2. The predicted octanol–water partition coefficient (Wildman–Crippen LogP) is 2.99. The van der Waals surface area contributed by atoms with Gasteiger partial charge in [-0.25, -0.2) is 8.42 Å². The van der Waals surface area contributed by atoms with Gasteiger partial charge >= 0.3 is 0 Å². The maximum atomic E-state index is 13.8. The Balaban J connectivity index is 1.48. The van der Waals surface area contributed by atoms with Crippen LogP contribution in [0.1, 0.15) is 37.7 Å². The largest absolute Gasteiger partial charge is 0.336 e. The number of nitrogens with one attached hydrogen (secondary N) is 1. The van der Waals surface area contributed by atoms with E-state index >= 15 is 0 Å². The zero-order chi connectivity index (χ0) is 24.1. The van der Waals surface area contributed by atoms with Gasteiger partial charge in [-0.1, -0.05) is 54.1 Å². The average Bonchev–Trinajstić information content (AvgIpc) is 3.76. The molecule has 34 heavy (non-hydrogen) atoms. The summed E-state index contributed by atoms with van der Waals surface area (Å²) < 4.78 is 26.9. The smallest absolute Gasteiger partial charge is 0.244 e. The van der Waals surface area contributed by atoms with Gasteiger partial charge < -0.3 is 10.2 Å². The zero-order valence-electron chi connectivity index (χ0n) is 18.4. The third-order valence-corrected chi connectivity index (χ3v) is 9.85. The van der Waals surface area contributed by atoms with Crippen LogP contribution in [-0.2, 0) is 24.8 Å². The van der Waals surface area contributed by atoms with Crippen LogP contribution in [0.4, 0.5) is 0 Å². The van der Waals surface area contributed by atoms with Gasteiger partial charge in [0.25, 0.3) is 0 Å². The second-order valence-electron chi connectivity index (χ2n) is 9.44. The minimum Gasteiger partial charge on any atom is -0.336 e. The molecule has 2 saturated carbocycles. The van der Waals surface area contributed by atoms with Gasteiger partial charge in [0.2, 0.25) is 11.8 Å². The third-order valence-electron chi connectivity index (χ3n) is 7.22. The van der Waals surface area contributed by atoms with Crippen molar-refractivity contribution in [1.29, 1.82) is 5.26 Å². The molecule has 0 aromatic heterocycles. The SMILES string of the molecule is N#CC1(NC(=O)C2CC(S(=O)(=O)c3ccccc3Cl)CN2C(=O)C2(c3ccccc3)CC2)CC1. The fourth-order valence-corrected chi connectivity index (χ4v) is 7.06. The Hall–Kier alpha value is -2.89. The summed E-state index contributed by atoms with van der Waals surface area (Å²) in [5.74, 6) is -0.717. The molecular formula is C25H24ClN3O4S. The summed E-state index contributed by atoms with van der Waals surface area (Å²) >= 11 is 6.19. The minimum absolute atomic E-state index is 0.00462. The van der Waals surface area contributed by atoms with Crippen molar-refractivity contribution in [2.45, 2.75) is 59.2 Å². The van der Waals surface area contributed by atoms with Crippen LogP contribution in [0.3, 0.4) is 0 Å². The maximum absolute atomic E-state index is 13.8. The van der Waals surface area contributed by atoms with Crippen LogP contribution in [0.2, 0.25) is 5.02 Å². The first-order valence-electron chi connectivity index (χ1n) is 11.3. The highest BCUT2D eigenvalue weighted by molar-refractivity contribution is 7.92. The van der Waals surface area contributed by atoms with Crippen molar-refractivity contribution in [3.8, 4) is 6.07 Å². The molecule has 2 aliphatic carbocycles. The molecule has 1 heterocycles. The Morgan fingerprint density at radius 3 is 2.26 bits per heavy atom. The first kappa shape index (κ1) is 22.9. The Morgan fingerprint density at radius 2 is 1.68 bits per heavy atom. The predicted molar refractivity (Wildman–Crippen MR) is 126 cm³/mol. The molecule has 1 saturated heterocycles. The summed E-state index contributed by atoms with van der Waals surface area (Å²) in [4.78, 5) is 28.5. The number of benzene rings is 2. The number of likely N-dealkylation sites (tertiary alicyclic amines) is 1. The van der Waals surface area contributed by atoms with Gasteiger partial charge in [0.05, 0.1) is 26.7 Å². The van der Waals surface area contributed by atoms with Crippen LogP contribution < -0.4 is 5.32 Å². The quantitative estimate of drug-likeness (QED) is 0.660. The van der Waals surface area contributed by atoms with Crippen molar-refractivity contribution in [1.82, 2.24) is 10.2 Å². The molecule has 2 atom stereocenters. The molecule has 2 aromatic carbocycles. The number of carbonyl (C=O) groups excluding carboxylic acids is 2. The van der Waals surface area contributed by atoms with Gasteiger partial charge in [-0.3, -0.25) is 9.59 Å². The van der Waals surface area contributed by atoms with Crippen LogP contribution >= 0.6 is 11.6 Å². The van der Waals surface area contributed by atoms with Gasteiger partial charge in [-0.2, -0.15) is 5.26 Å². The van der Waals surface area contributed by atoms with Crippen molar-refractivity contribution < 1.29 is 18.0 Å². The third kappa shape index (κ3) is 3.77. The van der Waals surface area contributed by atoms with Gasteiger partial charge in [0.1, 0.15) is 11.6 Å². The van der Waals surface area contributed by atoms with Gasteiger partial charge in [-0.05, 0) is 49.8 Å². The van der Waals surface area contributed by atoms with Crippen molar-refractivity contribution in [3.63, 3.8) is 0 Å². The number of amides is 2. The Labute approximate surface area is 203 Å². The highest BCUT2D eigenvalue weighted by Crippen LogP contribution is 2.51. The summed E-state index contributed by atoms with van der Waals surface area (Å²) in [6.07, 6.45) is 2.34. The van der Waals surface area contributed by atoms with Crippen LogP contribution in [0.15, 0.2) is 59.5 Å². The minimum atomic E-state index is -3.90. The van der Waals surface area contributed by atoms with Crippen LogP contribution in [0.25, 0.3) is 0 Å². The van der Waals surface area contributed by atoms with E-state index in [0.717, 1.165) is 5.56 Å². The number of carbonyl (C=O) groups is 2. The Bertz CT molecular complexity index is 1300. The zero-order valence-corrected chi connectivity index (χ0v) is 20.0. The van der Waals surface area contributed by atoms with Gasteiger partial charge in [0.15, 0.2) is 9.84 Å². The summed E-state index contributed by atoms with van der Waals surface area (Å²) in [5, 5.41) is 11.3. The number of nitriles is 1. The number of rotatable bonds is 6. The van der Waals surface area contributed by atoms with Gasteiger partial charge in [0, 0.05) is 6.54 Å². The lowest BCUT2D eigenvalue weighted by atomic mass is 9.94. The van der Waals surface area contributed by atoms with E-state index in [0.29, 0.717) is 25.7 Å². The second-order valence-corrected chi connectivity index (χ2v) is 12.0. The fraction of sp³-hybridized carbons (Fsp3) is 0.400. The van der Waals surface area contributed by atoms with Crippen molar-refractivity contribution in [2.24, 2.45) is 0 Å². The van der Waals surface area contributed by atoms with E-state index in [4.69, 9.17) is 11.6 Å². The van der Waals surface area contributed by atoms with Gasteiger partial charge in [-0.15, -0.1) is 0 Å². The second kappa shape index (κ2) is 8.10. The average molecular weight is 498 g/mol. The summed E-state index contributed by atoms with van der Waals surface area (Å²) in [6.45, 7) is -0.0986. The topological polar surface area (TPSA) is 107 Å². The van der Waals surface area contributed by atoms with E-state index in [1.165, 1.54) is 17.0 Å². The fourth-order valence-electron chi connectivity index (χ4n) is 4.84. The molecule has 3 aliphatic rings. The molecule has 2 unspecified atom stereocenters. The van der Waals surface area contributed by atoms with E-state index in [9.17, 15) is 23.3 Å². The maximum Gasteiger partial charge on any atom is 0.244 e. The molecule has 0 radical (unpaired) electrons. The lowest BCUT2D eigenvalue weighted by Gasteiger charge is -2.29. The van der Waals surface area contributed by atoms with Crippen molar-refractivity contribution >= 4 is 33.3 Å². The molecule has 9 heteroatoms. The number of halogens is 1. The normalized spacial score (nSPS) is 24.2. The summed E-state index contributed by atoms with van der Waals surface area (Å²) in [7, 11) is -3.90. The van der Waals surface area contributed by atoms with E-state index in [1.807, 2.05) is 30.3 Å².